The van der Waals surface area contributed by atoms with Gasteiger partial charge >= 0.3 is 5.97 Å². The Morgan fingerprint density at radius 2 is 1.76 bits per heavy atom. The SMILES string of the molecule is O=C(O)c1nnc(C(=O)Nc2ccccc2)s1. The highest BCUT2D eigenvalue weighted by molar-refractivity contribution is 7.15. The minimum atomic E-state index is -1.19. The summed E-state index contributed by atoms with van der Waals surface area (Å²) in [6.07, 6.45) is 0. The molecule has 2 N–H and O–H groups in total. The highest BCUT2D eigenvalue weighted by Gasteiger charge is 2.16. The van der Waals surface area contributed by atoms with Gasteiger partial charge in [-0.05, 0) is 12.1 Å². The van der Waals surface area contributed by atoms with Crippen LogP contribution in [0.3, 0.4) is 0 Å². The van der Waals surface area contributed by atoms with E-state index in [9.17, 15) is 9.59 Å². The van der Waals surface area contributed by atoms with E-state index in [-0.39, 0.29) is 10.0 Å². The molecule has 0 unspecified atom stereocenters. The number of aromatic carboxylic acids is 1. The van der Waals surface area contributed by atoms with E-state index in [2.05, 4.69) is 15.5 Å². The summed E-state index contributed by atoms with van der Waals surface area (Å²) in [5, 5.41) is 17.9. The van der Waals surface area contributed by atoms with Crippen LogP contribution in [-0.2, 0) is 0 Å². The fraction of sp³-hybridized carbons (Fsp3) is 0. The molecule has 86 valence electrons. The molecule has 7 heteroatoms. The molecule has 2 aromatic rings. The number of rotatable bonds is 3. The van der Waals surface area contributed by atoms with Crippen LogP contribution in [0.1, 0.15) is 19.6 Å². The topological polar surface area (TPSA) is 92.2 Å². The van der Waals surface area contributed by atoms with Gasteiger partial charge in [0.15, 0.2) is 0 Å². The Balaban J connectivity index is 2.12. The van der Waals surface area contributed by atoms with Gasteiger partial charge in [0.2, 0.25) is 10.0 Å². The highest BCUT2D eigenvalue weighted by atomic mass is 32.1. The van der Waals surface area contributed by atoms with Crippen molar-refractivity contribution in [1.82, 2.24) is 10.2 Å². The van der Waals surface area contributed by atoms with E-state index in [4.69, 9.17) is 5.11 Å². The second-order valence-electron chi connectivity index (χ2n) is 3.04. The molecule has 1 amide bonds. The van der Waals surface area contributed by atoms with Gasteiger partial charge in [0.05, 0.1) is 0 Å². The number of hydrogen-bond donors (Lipinski definition) is 2. The minimum Gasteiger partial charge on any atom is -0.476 e. The Labute approximate surface area is 99.9 Å². The Morgan fingerprint density at radius 1 is 1.12 bits per heavy atom. The predicted octanol–water partition coefficient (Wildman–Crippen LogP) is 1.49. The lowest BCUT2D eigenvalue weighted by Gasteiger charge is -2.00. The molecule has 17 heavy (non-hydrogen) atoms. The number of carbonyl (C=O) groups is 2. The number of hydrogen-bond acceptors (Lipinski definition) is 5. The third-order valence-corrected chi connectivity index (χ3v) is 2.74. The first-order chi connectivity index (χ1) is 8.16. The molecule has 0 saturated heterocycles. The van der Waals surface area contributed by atoms with Crippen LogP contribution in [0.5, 0.6) is 0 Å². The van der Waals surface area contributed by atoms with Gasteiger partial charge in [0, 0.05) is 5.69 Å². The van der Waals surface area contributed by atoms with Gasteiger partial charge in [0.25, 0.3) is 5.91 Å². The lowest BCUT2D eigenvalue weighted by molar-refractivity contribution is 0.0695. The van der Waals surface area contributed by atoms with E-state index in [1.807, 2.05) is 6.07 Å². The maximum Gasteiger partial charge on any atom is 0.367 e. The summed E-state index contributed by atoms with van der Waals surface area (Å²) in [5.41, 5.74) is 0.615. The molecule has 2 rings (SSSR count). The first kappa shape index (κ1) is 11.2. The Kier molecular flexibility index (Phi) is 3.10. The Morgan fingerprint density at radius 3 is 2.35 bits per heavy atom. The summed E-state index contributed by atoms with van der Waals surface area (Å²) >= 11 is 0.735. The summed E-state index contributed by atoms with van der Waals surface area (Å²) in [6.45, 7) is 0. The number of carbonyl (C=O) groups excluding carboxylic acids is 1. The number of carboxylic acid groups (broad SMARTS) is 1. The van der Waals surface area contributed by atoms with Crippen LogP contribution >= 0.6 is 11.3 Å². The van der Waals surface area contributed by atoms with Crippen LogP contribution in [0.2, 0.25) is 0 Å². The zero-order valence-electron chi connectivity index (χ0n) is 8.45. The van der Waals surface area contributed by atoms with Crippen LogP contribution < -0.4 is 5.32 Å². The molecule has 1 heterocycles. The fourth-order valence-corrected chi connectivity index (χ4v) is 1.68. The van der Waals surface area contributed by atoms with Crippen LogP contribution in [-0.4, -0.2) is 27.2 Å². The van der Waals surface area contributed by atoms with Crippen LogP contribution in [0.15, 0.2) is 30.3 Å². The van der Waals surface area contributed by atoms with Gasteiger partial charge in [0.1, 0.15) is 0 Å². The van der Waals surface area contributed by atoms with Crippen LogP contribution in [0, 0.1) is 0 Å². The van der Waals surface area contributed by atoms with Crippen molar-refractivity contribution in [3.05, 3.63) is 40.3 Å². The molecule has 0 aliphatic rings. The molecule has 0 atom stereocenters. The van der Waals surface area contributed by atoms with Crippen molar-refractivity contribution in [2.75, 3.05) is 5.32 Å². The van der Waals surface area contributed by atoms with Crippen molar-refractivity contribution in [2.24, 2.45) is 0 Å². The normalized spacial score (nSPS) is 9.88. The zero-order valence-corrected chi connectivity index (χ0v) is 9.27. The molecule has 1 aromatic carbocycles. The summed E-state index contributed by atoms with van der Waals surface area (Å²) < 4.78 is 0. The minimum absolute atomic E-state index is 0.0197. The maximum atomic E-state index is 11.7. The number of aromatic nitrogens is 2. The smallest absolute Gasteiger partial charge is 0.367 e. The standard InChI is InChI=1S/C10H7N3O3S/c14-7(11-6-4-2-1-3-5-6)8-12-13-9(17-8)10(15)16/h1-5H,(H,11,14)(H,15,16). The Bertz CT molecular complexity index is 553. The number of para-hydroxylation sites is 1. The van der Waals surface area contributed by atoms with E-state index < -0.39 is 11.9 Å². The summed E-state index contributed by atoms with van der Waals surface area (Å²) in [7, 11) is 0. The average molecular weight is 249 g/mol. The van der Waals surface area contributed by atoms with Gasteiger partial charge in [-0.2, -0.15) is 0 Å². The second kappa shape index (κ2) is 4.71. The van der Waals surface area contributed by atoms with Crippen molar-refractivity contribution in [3.63, 3.8) is 0 Å². The number of amides is 1. The number of carboxylic acids is 1. The number of anilines is 1. The molecule has 0 fully saturated rings. The molecule has 0 aliphatic heterocycles. The molecule has 0 bridgehead atoms. The second-order valence-corrected chi connectivity index (χ2v) is 4.02. The predicted molar refractivity (Wildman–Crippen MR) is 61.3 cm³/mol. The molecule has 0 spiro atoms. The van der Waals surface area contributed by atoms with Crippen molar-refractivity contribution in [1.29, 1.82) is 0 Å². The molecule has 0 saturated carbocycles. The molecule has 0 radical (unpaired) electrons. The largest absolute Gasteiger partial charge is 0.476 e. The third-order valence-electron chi connectivity index (χ3n) is 1.83. The van der Waals surface area contributed by atoms with Gasteiger partial charge in [-0.1, -0.05) is 29.5 Å². The first-order valence-electron chi connectivity index (χ1n) is 4.60. The quantitative estimate of drug-likeness (QED) is 0.859. The lowest BCUT2D eigenvalue weighted by atomic mass is 10.3. The monoisotopic (exact) mass is 249 g/mol. The van der Waals surface area contributed by atoms with Gasteiger partial charge in [-0.25, -0.2) is 4.79 Å². The van der Waals surface area contributed by atoms with Crippen molar-refractivity contribution in [2.45, 2.75) is 0 Å². The van der Waals surface area contributed by atoms with E-state index in [0.717, 1.165) is 11.3 Å². The van der Waals surface area contributed by atoms with Crippen molar-refractivity contribution >= 4 is 28.9 Å². The zero-order chi connectivity index (χ0) is 12.3. The lowest BCUT2D eigenvalue weighted by Crippen LogP contribution is -2.11. The molecule has 1 aromatic heterocycles. The number of nitrogens with one attached hydrogen (secondary N) is 1. The van der Waals surface area contributed by atoms with Crippen molar-refractivity contribution < 1.29 is 14.7 Å². The van der Waals surface area contributed by atoms with Crippen molar-refractivity contribution in [3.8, 4) is 0 Å². The average Bonchev–Trinajstić information content (AvgIpc) is 2.79. The van der Waals surface area contributed by atoms with Crippen LogP contribution in [0.4, 0.5) is 5.69 Å². The van der Waals surface area contributed by atoms with Crippen LogP contribution in [0.25, 0.3) is 0 Å². The number of nitrogens with zero attached hydrogens (tertiary/aromatic N) is 2. The number of benzene rings is 1. The molecule has 0 aliphatic carbocycles. The van der Waals surface area contributed by atoms with E-state index in [1.54, 1.807) is 24.3 Å². The molecule has 6 nitrogen and oxygen atoms in total. The summed E-state index contributed by atoms with van der Waals surface area (Å²) in [6, 6.07) is 8.81. The van der Waals surface area contributed by atoms with E-state index >= 15 is 0 Å². The van der Waals surface area contributed by atoms with Gasteiger partial charge in [-0.15, -0.1) is 10.2 Å². The maximum absolute atomic E-state index is 11.7. The van der Waals surface area contributed by atoms with Gasteiger partial charge < -0.3 is 10.4 Å². The summed E-state index contributed by atoms with van der Waals surface area (Å²) in [4.78, 5) is 22.2. The van der Waals surface area contributed by atoms with E-state index in [0.29, 0.717) is 5.69 Å². The van der Waals surface area contributed by atoms with E-state index in [1.165, 1.54) is 0 Å². The highest BCUT2D eigenvalue weighted by Crippen LogP contribution is 2.12. The first-order valence-corrected chi connectivity index (χ1v) is 5.41. The van der Waals surface area contributed by atoms with Gasteiger partial charge in [-0.3, -0.25) is 4.79 Å². The summed E-state index contributed by atoms with van der Waals surface area (Å²) in [5.74, 6) is -1.66. The molecular formula is C10H7N3O3S. The third kappa shape index (κ3) is 2.64. The molecular weight excluding hydrogens is 242 g/mol. The Hall–Kier alpha value is -2.28. The fourth-order valence-electron chi connectivity index (χ4n) is 1.11.